The number of nitrogens with one attached hydrogen (secondary N) is 1. The SMILES string of the molecule is Fc1ccc(CNc2ccsc2)cc1C(F)(F)F. The largest absolute Gasteiger partial charge is 0.419 e. The molecule has 2 aromatic rings. The van der Waals surface area contributed by atoms with Crippen LogP contribution in [0, 0.1) is 5.82 Å². The van der Waals surface area contributed by atoms with E-state index in [-0.39, 0.29) is 6.54 Å². The molecule has 6 heteroatoms. The smallest absolute Gasteiger partial charge is 0.380 e. The Morgan fingerprint density at radius 1 is 1.17 bits per heavy atom. The van der Waals surface area contributed by atoms with Crippen molar-refractivity contribution in [1.82, 2.24) is 0 Å². The summed E-state index contributed by atoms with van der Waals surface area (Å²) in [6.45, 7) is 0.222. The van der Waals surface area contributed by atoms with Crippen LogP contribution < -0.4 is 5.32 Å². The van der Waals surface area contributed by atoms with E-state index in [0.29, 0.717) is 5.56 Å². The van der Waals surface area contributed by atoms with Gasteiger partial charge in [-0.2, -0.15) is 24.5 Å². The monoisotopic (exact) mass is 275 g/mol. The average Bonchev–Trinajstić information content (AvgIpc) is 2.79. The predicted molar refractivity (Wildman–Crippen MR) is 63.0 cm³/mol. The lowest BCUT2D eigenvalue weighted by molar-refractivity contribution is -0.140. The summed E-state index contributed by atoms with van der Waals surface area (Å²) >= 11 is 1.48. The fraction of sp³-hybridized carbons (Fsp3) is 0.167. The van der Waals surface area contributed by atoms with E-state index in [2.05, 4.69) is 5.32 Å². The average molecular weight is 275 g/mol. The summed E-state index contributed by atoms with van der Waals surface area (Å²) in [4.78, 5) is 0. The molecule has 1 aromatic heterocycles. The maximum absolute atomic E-state index is 13.0. The van der Waals surface area contributed by atoms with Crippen molar-refractivity contribution in [2.45, 2.75) is 12.7 Å². The molecule has 1 aromatic carbocycles. The molecule has 0 aliphatic carbocycles. The number of thiophene rings is 1. The van der Waals surface area contributed by atoms with Crippen molar-refractivity contribution in [3.63, 3.8) is 0 Å². The van der Waals surface area contributed by atoms with Crippen LogP contribution in [0.2, 0.25) is 0 Å². The first kappa shape index (κ1) is 12.9. The Bertz CT molecular complexity index is 519. The van der Waals surface area contributed by atoms with E-state index < -0.39 is 17.6 Å². The molecule has 0 atom stereocenters. The fourth-order valence-corrected chi connectivity index (χ4v) is 2.08. The minimum Gasteiger partial charge on any atom is -0.380 e. The quantitative estimate of drug-likeness (QED) is 0.812. The highest BCUT2D eigenvalue weighted by Gasteiger charge is 2.34. The van der Waals surface area contributed by atoms with Crippen LogP contribution in [0.1, 0.15) is 11.1 Å². The van der Waals surface area contributed by atoms with Crippen LogP contribution in [0.25, 0.3) is 0 Å². The minimum absolute atomic E-state index is 0.222. The van der Waals surface area contributed by atoms with Gasteiger partial charge in [0.05, 0.1) is 5.56 Å². The Morgan fingerprint density at radius 3 is 2.56 bits per heavy atom. The third kappa shape index (κ3) is 3.01. The summed E-state index contributed by atoms with van der Waals surface area (Å²) in [5, 5.41) is 6.66. The zero-order valence-electron chi connectivity index (χ0n) is 9.09. The molecule has 2 rings (SSSR count). The van der Waals surface area contributed by atoms with Gasteiger partial charge in [0.1, 0.15) is 5.82 Å². The van der Waals surface area contributed by atoms with E-state index >= 15 is 0 Å². The van der Waals surface area contributed by atoms with Gasteiger partial charge in [0.15, 0.2) is 0 Å². The predicted octanol–water partition coefficient (Wildman–Crippen LogP) is 4.52. The van der Waals surface area contributed by atoms with Gasteiger partial charge >= 0.3 is 6.18 Å². The number of halogens is 4. The van der Waals surface area contributed by atoms with Gasteiger partial charge in [0, 0.05) is 17.6 Å². The zero-order valence-corrected chi connectivity index (χ0v) is 9.91. The van der Waals surface area contributed by atoms with Gasteiger partial charge in [-0.1, -0.05) is 6.07 Å². The van der Waals surface area contributed by atoms with Crippen molar-refractivity contribution >= 4 is 17.0 Å². The van der Waals surface area contributed by atoms with E-state index in [9.17, 15) is 17.6 Å². The Kier molecular flexibility index (Phi) is 3.56. The third-order valence-corrected chi connectivity index (χ3v) is 3.04. The van der Waals surface area contributed by atoms with E-state index in [1.165, 1.54) is 17.4 Å². The number of hydrogen-bond acceptors (Lipinski definition) is 2. The Balaban J connectivity index is 2.15. The van der Waals surface area contributed by atoms with Crippen LogP contribution in [0.4, 0.5) is 23.2 Å². The highest BCUT2D eigenvalue weighted by Crippen LogP contribution is 2.32. The molecule has 0 bridgehead atoms. The zero-order chi connectivity index (χ0) is 13.2. The van der Waals surface area contributed by atoms with Gasteiger partial charge in [-0.25, -0.2) is 4.39 Å². The Morgan fingerprint density at radius 2 is 1.94 bits per heavy atom. The van der Waals surface area contributed by atoms with E-state index in [4.69, 9.17) is 0 Å². The number of anilines is 1. The lowest BCUT2D eigenvalue weighted by Crippen LogP contribution is -2.09. The highest BCUT2D eigenvalue weighted by atomic mass is 32.1. The molecular formula is C12H9F4NS. The second kappa shape index (κ2) is 4.97. The second-order valence-corrected chi connectivity index (χ2v) is 4.46. The van der Waals surface area contributed by atoms with E-state index in [1.807, 2.05) is 16.8 Å². The number of hydrogen-bond donors (Lipinski definition) is 1. The molecule has 0 fully saturated rings. The van der Waals surface area contributed by atoms with Crippen LogP contribution in [0.5, 0.6) is 0 Å². The first-order valence-corrected chi connectivity index (χ1v) is 6.03. The highest BCUT2D eigenvalue weighted by molar-refractivity contribution is 7.08. The summed E-state index contributed by atoms with van der Waals surface area (Å²) in [5.74, 6) is -1.25. The molecular weight excluding hydrogens is 266 g/mol. The molecule has 1 heterocycles. The maximum Gasteiger partial charge on any atom is 0.419 e. The van der Waals surface area contributed by atoms with Crippen LogP contribution in [0.15, 0.2) is 35.0 Å². The molecule has 1 N–H and O–H groups in total. The van der Waals surface area contributed by atoms with Crippen molar-refractivity contribution in [3.8, 4) is 0 Å². The van der Waals surface area contributed by atoms with Gasteiger partial charge in [0.25, 0.3) is 0 Å². The van der Waals surface area contributed by atoms with Crippen molar-refractivity contribution < 1.29 is 17.6 Å². The standard InChI is InChI=1S/C12H9F4NS/c13-11-2-1-8(5-10(11)12(14,15)16)6-17-9-3-4-18-7-9/h1-5,7,17H,6H2. The first-order chi connectivity index (χ1) is 8.47. The molecule has 0 unspecified atom stereocenters. The molecule has 1 nitrogen and oxygen atoms in total. The third-order valence-electron chi connectivity index (χ3n) is 2.35. The first-order valence-electron chi connectivity index (χ1n) is 5.08. The van der Waals surface area contributed by atoms with Crippen molar-refractivity contribution in [2.24, 2.45) is 0 Å². The minimum atomic E-state index is -4.66. The van der Waals surface area contributed by atoms with Gasteiger partial charge in [0.2, 0.25) is 0 Å². The molecule has 0 saturated heterocycles. The Hall–Kier alpha value is -1.56. The van der Waals surface area contributed by atoms with Crippen molar-refractivity contribution in [1.29, 1.82) is 0 Å². The van der Waals surface area contributed by atoms with Crippen LogP contribution in [-0.2, 0) is 12.7 Å². The van der Waals surface area contributed by atoms with Crippen LogP contribution >= 0.6 is 11.3 Å². The van der Waals surface area contributed by atoms with Gasteiger partial charge in [-0.05, 0) is 29.1 Å². The van der Waals surface area contributed by atoms with E-state index in [0.717, 1.165) is 17.8 Å². The molecule has 0 spiro atoms. The molecule has 96 valence electrons. The molecule has 0 amide bonds. The normalized spacial score (nSPS) is 11.6. The van der Waals surface area contributed by atoms with Crippen molar-refractivity contribution in [3.05, 3.63) is 52.0 Å². The summed E-state index contributed by atoms with van der Waals surface area (Å²) < 4.78 is 50.5. The summed E-state index contributed by atoms with van der Waals surface area (Å²) in [6, 6.07) is 4.82. The Labute approximate surface area is 105 Å². The van der Waals surface area contributed by atoms with Crippen LogP contribution in [0.3, 0.4) is 0 Å². The molecule has 18 heavy (non-hydrogen) atoms. The van der Waals surface area contributed by atoms with Crippen LogP contribution in [-0.4, -0.2) is 0 Å². The topological polar surface area (TPSA) is 12.0 Å². The number of benzene rings is 1. The maximum atomic E-state index is 13.0. The molecule has 0 aliphatic heterocycles. The summed E-state index contributed by atoms with van der Waals surface area (Å²) in [5.41, 5.74) is -0.0140. The lowest BCUT2D eigenvalue weighted by Gasteiger charge is -2.10. The molecule has 0 saturated carbocycles. The van der Waals surface area contributed by atoms with Gasteiger partial charge in [-0.3, -0.25) is 0 Å². The molecule has 0 radical (unpaired) electrons. The number of alkyl halides is 3. The second-order valence-electron chi connectivity index (χ2n) is 3.68. The van der Waals surface area contributed by atoms with Crippen molar-refractivity contribution in [2.75, 3.05) is 5.32 Å². The molecule has 0 aliphatic rings. The summed E-state index contributed by atoms with van der Waals surface area (Å²) in [6.07, 6.45) is -4.66. The van der Waals surface area contributed by atoms with E-state index in [1.54, 1.807) is 0 Å². The fourth-order valence-electron chi connectivity index (χ4n) is 1.47. The summed E-state index contributed by atoms with van der Waals surface area (Å²) in [7, 11) is 0. The number of rotatable bonds is 3. The van der Waals surface area contributed by atoms with Gasteiger partial charge < -0.3 is 5.32 Å². The van der Waals surface area contributed by atoms with Gasteiger partial charge in [-0.15, -0.1) is 0 Å². The lowest BCUT2D eigenvalue weighted by atomic mass is 10.1.